The van der Waals surface area contributed by atoms with Crippen LogP contribution in [0.15, 0.2) is 24.5 Å². The number of rotatable bonds is 5. The van der Waals surface area contributed by atoms with E-state index in [4.69, 9.17) is 16.6 Å². The first-order valence-corrected chi connectivity index (χ1v) is 4.94. The minimum absolute atomic E-state index is 0.520. The van der Waals surface area contributed by atoms with Crippen LogP contribution in [0.1, 0.15) is 19.3 Å². The first-order chi connectivity index (χ1) is 7.18. The maximum Gasteiger partial charge on any atom is 0.320 e. The van der Waals surface area contributed by atoms with E-state index in [1.807, 2.05) is 24.5 Å². The minimum atomic E-state index is -0.933. The van der Waals surface area contributed by atoms with Gasteiger partial charge in [-0.3, -0.25) is 4.79 Å². The van der Waals surface area contributed by atoms with Crippen LogP contribution < -0.4 is 11.5 Å². The van der Waals surface area contributed by atoms with Gasteiger partial charge in [-0.1, -0.05) is 6.42 Å². The van der Waals surface area contributed by atoms with Crippen molar-refractivity contribution in [1.29, 1.82) is 0 Å². The summed E-state index contributed by atoms with van der Waals surface area (Å²) in [6, 6.07) is 3.17. The molecule has 0 fully saturated rings. The van der Waals surface area contributed by atoms with Crippen LogP contribution in [0, 0.1) is 0 Å². The molecule has 6 N–H and O–H groups in total. The van der Waals surface area contributed by atoms with E-state index in [0.717, 1.165) is 12.8 Å². The molecule has 0 aromatic carbocycles. The molecule has 0 saturated heterocycles. The lowest BCUT2D eigenvalue weighted by Gasteiger charge is -2.03. The number of aromatic amines is 1. The molecule has 1 unspecified atom stereocenters. The van der Waals surface area contributed by atoms with Gasteiger partial charge in [-0.05, 0) is 31.5 Å². The summed E-state index contributed by atoms with van der Waals surface area (Å²) in [5, 5.41) is 8.33. The quantitative estimate of drug-likeness (QED) is 0.536. The number of hydrogen-bond acceptors (Lipinski definition) is 3. The molecule has 0 radical (unpaired) electrons. The highest BCUT2D eigenvalue weighted by atomic mass is 16.4. The SMILES string of the molecule is NCCCCC(N)C(=O)O.c1cc[nH]c1. The van der Waals surface area contributed by atoms with Crippen LogP contribution in [0.3, 0.4) is 0 Å². The van der Waals surface area contributed by atoms with Crippen molar-refractivity contribution in [3.05, 3.63) is 24.5 Å². The van der Waals surface area contributed by atoms with Crippen molar-refractivity contribution in [3.8, 4) is 0 Å². The number of H-pyrrole nitrogens is 1. The monoisotopic (exact) mass is 213 g/mol. The number of unbranched alkanes of at least 4 members (excludes halogenated alkanes) is 1. The zero-order valence-corrected chi connectivity index (χ0v) is 8.73. The van der Waals surface area contributed by atoms with Crippen LogP contribution in [-0.4, -0.2) is 28.6 Å². The van der Waals surface area contributed by atoms with Gasteiger partial charge in [0.25, 0.3) is 0 Å². The Morgan fingerprint density at radius 2 is 1.93 bits per heavy atom. The van der Waals surface area contributed by atoms with Crippen molar-refractivity contribution in [2.75, 3.05) is 6.54 Å². The summed E-state index contributed by atoms with van der Waals surface area (Å²) in [5.74, 6) is -0.933. The van der Waals surface area contributed by atoms with Gasteiger partial charge in [-0.2, -0.15) is 0 Å². The molecule has 5 nitrogen and oxygen atoms in total. The molecule has 5 heteroatoms. The lowest BCUT2D eigenvalue weighted by Crippen LogP contribution is -2.29. The van der Waals surface area contributed by atoms with E-state index >= 15 is 0 Å². The number of carboxylic acid groups (broad SMARTS) is 1. The Bertz CT molecular complexity index is 220. The number of aromatic nitrogens is 1. The normalized spacial score (nSPS) is 11.3. The van der Waals surface area contributed by atoms with Crippen molar-refractivity contribution in [3.63, 3.8) is 0 Å². The Kier molecular flexibility index (Phi) is 8.42. The predicted octanol–water partition coefficient (Wildman–Crippen LogP) is 0.542. The van der Waals surface area contributed by atoms with Crippen LogP contribution in [0.2, 0.25) is 0 Å². The third kappa shape index (κ3) is 8.99. The third-order valence-electron chi connectivity index (χ3n) is 1.78. The largest absolute Gasteiger partial charge is 0.480 e. The average Bonchev–Trinajstić information content (AvgIpc) is 2.75. The molecule has 1 aromatic heterocycles. The van der Waals surface area contributed by atoms with Crippen molar-refractivity contribution in [2.45, 2.75) is 25.3 Å². The molecule has 1 atom stereocenters. The van der Waals surface area contributed by atoms with Crippen molar-refractivity contribution < 1.29 is 9.90 Å². The standard InChI is InChI=1S/C6H14N2O2.C4H5N/c7-4-2-1-3-5(8)6(9)10;1-2-4-5-3-1/h5H,1-4,7-8H2,(H,9,10);1-5H. The van der Waals surface area contributed by atoms with Gasteiger partial charge in [0.15, 0.2) is 0 Å². The number of nitrogens with two attached hydrogens (primary N) is 2. The molecule has 0 aliphatic rings. The number of hydrogen-bond donors (Lipinski definition) is 4. The lowest BCUT2D eigenvalue weighted by atomic mass is 10.1. The zero-order valence-electron chi connectivity index (χ0n) is 8.73. The van der Waals surface area contributed by atoms with E-state index in [1.54, 1.807) is 0 Å². The Morgan fingerprint density at radius 1 is 1.33 bits per heavy atom. The van der Waals surface area contributed by atoms with E-state index in [-0.39, 0.29) is 0 Å². The lowest BCUT2D eigenvalue weighted by molar-refractivity contribution is -0.138. The van der Waals surface area contributed by atoms with Gasteiger partial charge in [-0.15, -0.1) is 0 Å². The third-order valence-corrected chi connectivity index (χ3v) is 1.78. The number of carboxylic acids is 1. The Hall–Kier alpha value is -1.33. The number of nitrogens with one attached hydrogen (secondary N) is 1. The molecule has 0 aliphatic heterocycles. The molecule has 0 amide bonds. The van der Waals surface area contributed by atoms with Gasteiger partial charge >= 0.3 is 5.97 Å². The summed E-state index contributed by atoms with van der Waals surface area (Å²) >= 11 is 0. The zero-order chi connectivity index (χ0) is 11.5. The molecule has 86 valence electrons. The Labute approximate surface area is 89.5 Å². The van der Waals surface area contributed by atoms with E-state index in [9.17, 15) is 4.79 Å². The molecule has 1 aromatic rings. The highest BCUT2D eigenvalue weighted by Gasteiger charge is 2.09. The van der Waals surface area contributed by atoms with Crippen LogP contribution in [0.4, 0.5) is 0 Å². The number of aliphatic carboxylic acids is 1. The van der Waals surface area contributed by atoms with Crippen LogP contribution in [0.25, 0.3) is 0 Å². The van der Waals surface area contributed by atoms with Crippen molar-refractivity contribution in [1.82, 2.24) is 4.98 Å². The Balaban J connectivity index is 0.000000322. The second-order valence-corrected chi connectivity index (χ2v) is 3.11. The second-order valence-electron chi connectivity index (χ2n) is 3.11. The maximum absolute atomic E-state index is 10.1. The van der Waals surface area contributed by atoms with Gasteiger partial charge < -0.3 is 21.6 Å². The van der Waals surface area contributed by atoms with Gasteiger partial charge in [-0.25, -0.2) is 0 Å². The van der Waals surface area contributed by atoms with Crippen LogP contribution in [-0.2, 0) is 4.79 Å². The molecule has 0 aliphatic carbocycles. The smallest absolute Gasteiger partial charge is 0.320 e. The van der Waals surface area contributed by atoms with E-state index in [2.05, 4.69) is 4.98 Å². The van der Waals surface area contributed by atoms with E-state index < -0.39 is 12.0 Å². The molecule has 1 heterocycles. The fraction of sp³-hybridized carbons (Fsp3) is 0.500. The highest BCUT2D eigenvalue weighted by Crippen LogP contribution is 1.96. The van der Waals surface area contributed by atoms with Crippen molar-refractivity contribution >= 4 is 5.97 Å². The topological polar surface area (TPSA) is 105 Å². The summed E-state index contributed by atoms with van der Waals surface area (Å²) in [6.45, 7) is 0.604. The second kappa shape index (κ2) is 9.23. The maximum atomic E-state index is 10.1. The first kappa shape index (κ1) is 13.7. The summed E-state index contributed by atoms with van der Waals surface area (Å²) < 4.78 is 0. The molecule has 15 heavy (non-hydrogen) atoms. The molecule has 0 spiro atoms. The fourth-order valence-electron chi connectivity index (χ4n) is 0.910. The van der Waals surface area contributed by atoms with Gasteiger partial charge in [0.2, 0.25) is 0 Å². The minimum Gasteiger partial charge on any atom is -0.480 e. The van der Waals surface area contributed by atoms with E-state index in [0.29, 0.717) is 13.0 Å². The highest BCUT2D eigenvalue weighted by molar-refractivity contribution is 5.72. The Morgan fingerprint density at radius 3 is 2.27 bits per heavy atom. The molecular formula is C10H19N3O2. The van der Waals surface area contributed by atoms with Gasteiger partial charge in [0.1, 0.15) is 6.04 Å². The average molecular weight is 213 g/mol. The summed E-state index contributed by atoms with van der Waals surface area (Å²) in [5.41, 5.74) is 10.4. The number of carbonyl (C=O) groups is 1. The molecule has 0 saturated carbocycles. The summed E-state index contributed by atoms with van der Waals surface area (Å²) in [4.78, 5) is 13.0. The van der Waals surface area contributed by atoms with Crippen LogP contribution in [0.5, 0.6) is 0 Å². The summed E-state index contributed by atoms with van der Waals surface area (Å²) in [6.07, 6.45) is 5.91. The molecule has 1 rings (SSSR count). The summed E-state index contributed by atoms with van der Waals surface area (Å²) in [7, 11) is 0. The van der Waals surface area contributed by atoms with Gasteiger partial charge in [0, 0.05) is 12.4 Å². The van der Waals surface area contributed by atoms with Crippen LogP contribution >= 0.6 is 0 Å². The molecular weight excluding hydrogens is 194 g/mol. The molecule has 0 bridgehead atoms. The van der Waals surface area contributed by atoms with Crippen molar-refractivity contribution in [2.24, 2.45) is 11.5 Å². The first-order valence-electron chi connectivity index (χ1n) is 4.94. The predicted molar refractivity (Wildman–Crippen MR) is 59.3 cm³/mol. The van der Waals surface area contributed by atoms with E-state index in [1.165, 1.54) is 0 Å². The fourth-order valence-corrected chi connectivity index (χ4v) is 0.910. The van der Waals surface area contributed by atoms with Gasteiger partial charge in [0.05, 0.1) is 0 Å².